The van der Waals surface area contributed by atoms with Gasteiger partial charge in [0.15, 0.2) is 0 Å². The smallest absolute Gasteiger partial charge is 0.335 e. The van der Waals surface area contributed by atoms with Crippen LogP contribution in [0.25, 0.3) is 6.08 Å². The Morgan fingerprint density at radius 1 is 1.08 bits per heavy atom. The van der Waals surface area contributed by atoms with Gasteiger partial charge in [-0.2, -0.15) is 0 Å². The molecule has 1 aliphatic rings. The van der Waals surface area contributed by atoms with Gasteiger partial charge in [-0.1, -0.05) is 23.7 Å². The van der Waals surface area contributed by atoms with Crippen molar-refractivity contribution in [1.29, 1.82) is 0 Å². The van der Waals surface area contributed by atoms with Gasteiger partial charge in [0.25, 0.3) is 11.8 Å². The molecule has 0 saturated carbocycles. The average molecular weight is 682 g/mol. The van der Waals surface area contributed by atoms with Gasteiger partial charge in [-0.3, -0.25) is 14.9 Å². The monoisotopic (exact) mass is 680 g/mol. The zero-order valence-corrected chi connectivity index (χ0v) is 22.6. The highest BCUT2D eigenvalue weighted by Gasteiger charge is 2.36. The van der Waals surface area contributed by atoms with Gasteiger partial charge in [0, 0.05) is 5.02 Å². The summed E-state index contributed by atoms with van der Waals surface area (Å²) >= 11 is 11.4. The van der Waals surface area contributed by atoms with Crippen LogP contribution in [0.5, 0.6) is 5.75 Å². The Kier molecular flexibility index (Phi) is 7.76. The summed E-state index contributed by atoms with van der Waals surface area (Å²) in [7, 11) is 0. The third-order valence-corrected chi connectivity index (χ3v) is 6.74. The molecule has 0 radical (unpaired) electrons. The number of carbonyl (C=O) groups excluding carboxylic acids is 3. The molecule has 1 fully saturated rings. The number of hydrogen-bond donors (Lipinski definition) is 2. The number of carboxylic acids is 1. The van der Waals surface area contributed by atoms with E-state index in [1.165, 1.54) is 42.5 Å². The van der Waals surface area contributed by atoms with Gasteiger partial charge in [0.2, 0.25) is 0 Å². The van der Waals surface area contributed by atoms with Crippen LogP contribution in [0.15, 0.2) is 70.7 Å². The lowest BCUT2D eigenvalue weighted by molar-refractivity contribution is -0.122. The van der Waals surface area contributed by atoms with E-state index >= 15 is 0 Å². The predicted molar refractivity (Wildman–Crippen MR) is 145 cm³/mol. The highest BCUT2D eigenvalue weighted by molar-refractivity contribution is 14.1. The van der Waals surface area contributed by atoms with Gasteiger partial charge in [0.1, 0.15) is 17.9 Å². The highest BCUT2D eigenvalue weighted by Crippen LogP contribution is 2.34. The van der Waals surface area contributed by atoms with Crippen molar-refractivity contribution < 1.29 is 29.0 Å². The number of carbonyl (C=O) groups is 4. The maximum Gasteiger partial charge on any atom is 0.335 e. The molecule has 1 aliphatic heterocycles. The number of anilines is 1. The fourth-order valence-corrected chi connectivity index (χ4v) is 5.24. The third kappa shape index (κ3) is 5.61. The zero-order valence-electron chi connectivity index (χ0n) is 18.1. The maximum absolute atomic E-state index is 13.1. The molecule has 11 heteroatoms. The Morgan fingerprint density at radius 3 is 2.36 bits per heavy atom. The molecule has 0 aliphatic carbocycles. The summed E-state index contributed by atoms with van der Waals surface area (Å²) in [6.45, 7) is 0.202. The van der Waals surface area contributed by atoms with Crippen LogP contribution in [0.3, 0.4) is 0 Å². The molecule has 182 valence electrons. The fraction of sp³-hybridized carbons (Fsp3) is 0.0400. The van der Waals surface area contributed by atoms with Crippen LogP contribution < -0.4 is 15.0 Å². The van der Waals surface area contributed by atoms with Crippen molar-refractivity contribution in [2.75, 3.05) is 4.90 Å². The van der Waals surface area contributed by atoms with E-state index in [-0.39, 0.29) is 23.4 Å². The lowest BCUT2D eigenvalue weighted by Crippen LogP contribution is -2.54. The van der Waals surface area contributed by atoms with Gasteiger partial charge in [-0.15, -0.1) is 0 Å². The van der Waals surface area contributed by atoms with Crippen LogP contribution in [0, 0.1) is 3.57 Å². The molecular formula is C25H15BrClIN2O6. The number of barbiturate groups is 1. The Labute approximate surface area is 232 Å². The molecule has 2 N–H and O–H groups in total. The second kappa shape index (κ2) is 10.8. The lowest BCUT2D eigenvalue weighted by Gasteiger charge is -2.26. The molecule has 3 aromatic carbocycles. The molecule has 0 spiro atoms. The van der Waals surface area contributed by atoms with Gasteiger partial charge >= 0.3 is 12.0 Å². The minimum Gasteiger partial charge on any atom is -0.487 e. The summed E-state index contributed by atoms with van der Waals surface area (Å²) in [5.74, 6) is -2.03. The van der Waals surface area contributed by atoms with E-state index in [1.54, 1.807) is 24.3 Å². The molecular weight excluding hydrogens is 667 g/mol. The number of halogens is 3. The summed E-state index contributed by atoms with van der Waals surface area (Å²) in [5, 5.41) is 11.6. The van der Waals surface area contributed by atoms with Crippen LogP contribution in [-0.4, -0.2) is 28.9 Å². The van der Waals surface area contributed by atoms with E-state index in [0.29, 0.717) is 24.4 Å². The number of nitrogens with zero attached hydrogens (tertiary/aromatic N) is 1. The number of rotatable bonds is 6. The summed E-state index contributed by atoms with van der Waals surface area (Å²) in [6.07, 6.45) is 1.40. The maximum atomic E-state index is 13.1. The van der Waals surface area contributed by atoms with Crippen molar-refractivity contribution in [1.82, 2.24) is 5.32 Å². The van der Waals surface area contributed by atoms with E-state index < -0.39 is 23.8 Å². The number of ether oxygens (including phenoxy) is 1. The molecule has 0 atom stereocenters. The zero-order chi connectivity index (χ0) is 26.0. The van der Waals surface area contributed by atoms with Crippen LogP contribution in [0.2, 0.25) is 5.02 Å². The third-order valence-electron chi connectivity index (χ3n) is 5.10. The van der Waals surface area contributed by atoms with E-state index in [4.69, 9.17) is 21.4 Å². The molecule has 1 saturated heterocycles. The lowest BCUT2D eigenvalue weighted by atomic mass is 10.1. The van der Waals surface area contributed by atoms with Gasteiger partial charge in [-0.05, 0) is 104 Å². The SMILES string of the molecule is O=C1NC(=O)N(c2ccc(Cl)cc2)C(=O)/C1=C/c1cc(Br)c(OCc2ccc(C(=O)O)cc2)c(I)c1. The van der Waals surface area contributed by atoms with Crippen LogP contribution >= 0.6 is 50.1 Å². The number of hydrogen-bond acceptors (Lipinski definition) is 5. The molecule has 36 heavy (non-hydrogen) atoms. The summed E-state index contributed by atoms with van der Waals surface area (Å²) in [5.41, 5.74) is 1.57. The number of amides is 4. The summed E-state index contributed by atoms with van der Waals surface area (Å²) in [6, 6.07) is 15.0. The van der Waals surface area contributed by atoms with Crippen LogP contribution in [0.1, 0.15) is 21.5 Å². The second-order valence-electron chi connectivity index (χ2n) is 7.54. The Balaban J connectivity index is 1.57. The standard InChI is InChI=1S/C25H15BrClIN2O6/c26-19-10-14(11-20(28)21(19)36-12-13-1-3-15(4-2-13)24(33)34)9-18-22(31)29-25(35)30(23(18)32)17-7-5-16(27)6-8-17/h1-11H,12H2,(H,33,34)(H,29,31,35)/b18-9+. The molecule has 4 rings (SSSR count). The minimum atomic E-state index is -1.00. The highest BCUT2D eigenvalue weighted by atomic mass is 127. The number of nitrogens with one attached hydrogen (secondary N) is 1. The van der Waals surface area contributed by atoms with E-state index in [1.807, 2.05) is 0 Å². The number of carboxylic acid groups (broad SMARTS) is 1. The first-order chi connectivity index (χ1) is 17.1. The molecule has 1 heterocycles. The number of aromatic carboxylic acids is 1. The minimum absolute atomic E-state index is 0.185. The average Bonchev–Trinajstić information content (AvgIpc) is 2.82. The van der Waals surface area contributed by atoms with Crippen molar-refractivity contribution in [2.24, 2.45) is 0 Å². The van der Waals surface area contributed by atoms with E-state index in [0.717, 1.165) is 10.5 Å². The van der Waals surface area contributed by atoms with Crippen molar-refractivity contribution in [3.63, 3.8) is 0 Å². The van der Waals surface area contributed by atoms with Crippen molar-refractivity contribution in [3.05, 3.63) is 96.0 Å². The van der Waals surface area contributed by atoms with Gasteiger partial charge in [-0.25, -0.2) is 14.5 Å². The first-order valence-electron chi connectivity index (χ1n) is 10.2. The summed E-state index contributed by atoms with van der Waals surface area (Å²) < 4.78 is 7.19. The number of urea groups is 1. The van der Waals surface area contributed by atoms with E-state index in [9.17, 15) is 19.2 Å². The van der Waals surface area contributed by atoms with Crippen molar-refractivity contribution in [3.8, 4) is 5.75 Å². The fourth-order valence-electron chi connectivity index (χ4n) is 3.35. The quantitative estimate of drug-likeness (QED) is 0.198. The van der Waals surface area contributed by atoms with Crippen molar-refractivity contribution in [2.45, 2.75) is 6.61 Å². The Morgan fingerprint density at radius 2 is 1.75 bits per heavy atom. The molecule has 8 nitrogen and oxygen atoms in total. The van der Waals surface area contributed by atoms with Crippen LogP contribution in [0.4, 0.5) is 10.5 Å². The first kappa shape index (κ1) is 25.9. The molecule has 3 aromatic rings. The largest absolute Gasteiger partial charge is 0.487 e. The first-order valence-corrected chi connectivity index (χ1v) is 12.5. The number of imide groups is 2. The Hall–Kier alpha value is -3.22. The normalized spacial score (nSPS) is 14.7. The van der Waals surface area contributed by atoms with E-state index in [2.05, 4.69) is 43.8 Å². The molecule has 0 aromatic heterocycles. The molecule has 4 amide bonds. The molecule has 0 unspecified atom stereocenters. The molecule has 0 bridgehead atoms. The van der Waals surface area contributed by atoms with Crippen molar-refractivity contribution >= 4 is 85.7 Å². The van der Waals surface area contributed by atoms with Gasteiger partial charge in [0.05, 0.1) is 19.3 Å². The van der Waals surface area contributed by atoms with Gasteiger partial charge < -0.3 is 9.84 Å². The van der Waals surface area contributed by atoms with Crippen LogP contribution in [-0.2, 0) is 16.2 Å². The summed E-state index contributed by atoms with van der Waals surface area (Å²) in [4.78, 5) is 49.8. The number of benzene rings is 3. The predicted octanol–water partition coefficient (Wildman–Crippen LogP) is 5.65. The Bertz CT molecular complexity index is 1400. The topological polar surface area (TPSA) is 113 Å². The second-order valence-corrected chi connectivity index (χ2v) is 9.99.